The van der Waals surface area contributed by atoms with Gasteiger partial charge in [-0.25, -0.2) is 0 Å². The van der Waals surface area contributed by atoms with E-state index < -0.39 is 0 Å². The van der Waals surface area contributed by atoms with E-state index in [1.807, 2.05) is 0 Å². The summed E-state index contributed by atoms with van der Waals surface area (Å²) in [6.07, 6.45) is 0.973. The van der Waals surface area contributed by atoms with E-state index >= 15 is 0 Å². The number of hydrogen-bond acceptors (Lipinski definition) is 1. The highest BCUT2D eigenvalue weighted by Crippen LogP contribution is 2.32. The molecule has 0 aliphatic heterocycles. The zero-order valence-electron chi connectivity index (χ0n) is 9.92. The normalized spacial score (nSPS) is 11.5. The molecule has 2 rings (SSSR count). The van der Waals surface area contributed by atoms with Gasteiger partial charge in [0.25, 0.3) is 0 Å². The molecule has 15 heavy (non-hydrogen) atoms. The highest BCUT2D eigenvalue weighted by atomic mass is 16.3. The molecular weight excluding hydrogens is 184 g/mol. The van der Waals surface area contributed by atoms with Crippen LogP contribution in [0.3, 0.4) is 0 Å². The third-order valence-corrected chi connectivity index (χ3v) is 2.86. The van der Waals surface area contributed by atoms with Crippen molar-refractivity contribution in [2.45, 2.75) is 40.0 Å². The van der Waals surface area contributed by atoms with Gasteiger partial charge in [-0.2, -0.15) is 0 Å². The van der Waals surface area contributed by atoms with Crippen molar-refractivity contribution in [2.24, 2.45) is 0 Å². The molecular formula is C14H18O. The van der Waals surface area contributed by atoms with Crippen LogP contribution in [0, 0.1) is 6.92 Å². The molecule has 1 heterocycles. The average molecular weight is 202 g/mol. The van der Waals surface area contributed by atoms with Gasteiger partial charge in [-0.05, 0) is 25.0 Å². The van der Waals surface area contributed by atoms with Gasteiger partial charge in [0.15, 0.2) is 0 Å². The minimum atomic E-state index is 0.531. The highest BCUT2D eigenvalue weighted by Gasteiger charge is 2.15. The Morgan fingerprint density at radius 3 is 2.60 bits per heavy atom. The van der Waals surface area contributed by atoms with Gasteiger partial charge >= 0.3 is 0 Å². The predicted octanol–water partition coefficient (Wildman–Crippen LogP) is 4.43. The lowest BCUT2D eigenvalue weighted by Crippen LogP contribution is -1.90. The minimum absolute atomic E-state index is 0.531. The maximum Gasteiger partial charge on any atom is 0.134 e. The lowest BCUT2D eigenvalue weighted by molar-refractivity contribution is 0.546. The van der Waals surface area contributed by atoms with Crippen LogP contribution in [0.4, 0.5) is 0 Å². The van der Waals surface area contributed by atoms with Crippen molar-refractivity contribution in [3.8, 4) is 0 Å². The van der Waals surface area contributed by atoms with Gasteiger partial charge in [-0.1, -0.05) is 32.4 Å². The summed E-state index contributed by atoms with van der Waals surface area (Å²) < 4.78 is 5.86. The van der Waals surface area contributed by atoms with E-state index in [0.29, 0.717) is 5.92 Å². The fraction of sp³-hybridized carbons (Fsp3) is 0.429. The van der Waals surface area contributed by atoms with Gasteiger partial charge in [0.2, 0.25) is 0 Å². The summed E-state index contributed by atoms with van der Waals surface area (Å²) in [4.78, 5) is 0. The Morgan fingerprint density at radius 1 is 1.27 bits per heavy atom. The van der Waals surface area contributed by atoms with Crippen LogP contribution in [0.2, 0.25) is 0 Å². The zero-order valence-corrected chi connectivity index (χ0v) is 9.92. The Morgan fingerprint density at radius 2 is 2.00 bits per heavy atom. The van der Waals surface area contributed by atoms with E-state index in [0.717, 1.165) is 17.8 Å². The number of rotatable bonds is 2. The summed E-state index contributed by atoms with van der Waals surface area (Å²) in [6, 6.07) is 6.42. The first-order valence-electron chi connectivity index (χ1n) is 5.65. The molecule has 1 aromatic carbocycles. The average Bonchev–Trinajstić information content (AvgIpc) is 2.55. The van der Waals surface area contributed by atoms with E-state index in [1.54, 1.807) is 0 Å². The molecule has 2 aromatic rings. The molecule has 1 aromatic heterocycles. The molecule has 0 saturated heterocycles. The third-order valence-electron chi connectivity index (χ3n) is 2.86. The molecule has 1 nitrogen and oxygen atoms in total. The molecule has 0 fully saturated rings. The Balaban J connectivity index is 2.76. The van der Waals surface area contributed by atoms with E-state index in [4.69, 9.17) is 4.42 Å². The predicted molar refractivity (Wildman–Crippen MR) is 64.4 cm³/mol. The third kappa shape index (κ3) is 1.67. The van der Waals surface area contributed by atoms with Crippen LogP contribution in [0.5, 0.6) is 0 Å². The van der Waals surface area contributed by atoms with E-state index in [2.05, 4.69) is 45.9 Å². The van der Waals surface area contributed by atoms with Gasteiger partial charge in [-0.15, -0.1) is 0 Å². The van der Waals surface area contributed by atoms with Crippen molar-refractivity contribution in [1.82, 2.24) is 0 Å². The molecule has 1 heteroatoms. The van der Waals surface area contributed by atoms with Crippen LogP contribution in [0.1, 0.15) is 43.6 Å². The van der Waals surface area contributed by atoms with Gasteiger partial charge < -0.3 is 4.42 Å². The van der Waals surface area contributed by atoms with Crippen molar-refractivity contribution < 1.29 is 4.42 Å². The summed E-state index contributed by atoms with van der Waals surface area (Å²) in [5.41, 5.74) is 3.71. The molecule has 0 aliphatic carbocycles. The van der Waals surface area contributed by atoms with Crippen LogP contribution >= 0.6 is 0 Å². The summed E-state index contributed by atoms with van der Waals surface area (Å²) in [7, 11) is 0. The smallest absolute Gasteiger partial charge is 0.134 e. The maximum absolute atomic E-state index is 5.86. The molecule has 0 unspecified atom stereocenters. The van der Waals surface area contributed by atoms with Crippen molar-refractivity contribution in [1.29, 1.82) is 0 Å². The molecule has 0 amide bonds. The zero-order chi connectivity index (χ0) is 11.0. The Bertz CT molecular complexity index is 477. The number of benzene rings is 1. The summed E-state index contributed by atoms with van der Waals surface area (Å²) in [6.45, 7) is 8.73. The second kappa shape index (κ2) is 3.73. The summed E-state index contributed by atoms with van der Waals surface area (Å²) in [5, 5.41) is 1.29. The van der Waals surface area contributed by atoms with Crippen molar-refractivity contribution >= 4 is 11.0 Å². The van der Waals surface area contributed by atoms with Crippen LogP contribution < -0.4 is 0 Å². The molecule has 0 bridgehead atoms. The molecule has 80 valence electrons. The highest BCUT2D eigenvalue weighted by molar-refractivity contribution is 5.83. The summed E-state index contributed by atoms with van der Waals surface area (Å²) in [5.74, 6) is 1.67. The number of fused-ring (bicyclic) bond motifs is 1. The van der Waals surface area contributed by atoms with Gasteiger partial charge in [-0.3, -0.25) is 0 Å². The molecule has 0 radical (unpaired) electrons. The van der Waals surface area contributed by atoms with Gasteiger partial charge in [0, 0.05) is 17.4 Å². The van der Waals surface area contributed by atoms with Crippen LogP contribution in [-0.2, 0) is 6.42 Å². The van der Waals surface area contributed by atoms with Crippen LogP contribution in [-0.4, -0.2) is 0 Å². The second-order valence-corrected chi connectivity index (χ2v) is 4.45. The van der Waals surface area contributed by atoms with Crippen molar-refractivity contribution in [3.05, 3.63) is 35.1 Å². The summed E-state index contributed by atoms with van der Waals surface area (Å²) >= 11 is 0. The number of aryl methyl sites for hydroxylation is 2. The first kappa shape index (κ1) is 10.3. The Hall–Kier alpha value is -1.24. The largest absolute Gasteiger partial charge is 0.461 e. The van der Waals surface area contributed by atoms with E-state index in [9.17, 15) is 0 Å². The minimum Gasteiger partial charge on any atom is -0.461 e. The van der Waals surface area contributed by atoms with Crippen molar-refractivity contribution in [2.75, 3.05) is 0 Å². The van der Waals surface area contributed by atoms with Crippen molar-refractivity contribution in [3.63, 3.8) is 0 Å². The SMILES string of the molecule is CCc1oc2ccc(C)cc2c1C(C)C. The molecule has 0 atom stereocenters. The lowest BCUT2D eigenvalue weighted by Gasteiger charge is -2.04. The Labute approximate surface area is 91.1 Å². The number of hydrogen-bond donors (Lipinski definition) is 0. The molecule has 0 saturated carbocycles. The van der Waals surface area contributed by atoms with E-state index in [1.165, 1.54) is 16.5 Å². The second-order valence-electron chi connectivity index (χ2n) is 4.45. The first-order valence-corrected chi connectivity index (χ1v) is 5.65. The fourth-order valence-electron chi connectivity index (χ4n) is 2.18. The van der Waals surface area contributed by atoms with E-state index in [-0.39, 0.29) is 0 Å². The quantitative estimate of drug-likeness (QED) is 0.702. The topological polar surface area (TPSA) is 13.1 Å². The standard InChI is InChI=1S/C14H18O/c1-5-12-14(9(2)3)11-8-10(4)6-7-13(11)15-12/h6-9H,5H2,1-4H3. The fourth-order valence-corrected chi connectivity index (χ4v) is 2.18. The number of furan rings is 1. The van der Waals surface area contributed by atoms with Gasteiger partial charge in [0.1, 0.15) is 11.3 Å². The van der Waals surface area contributed by atoms with Crippen LogP contribution in [0.15, 0.2) is 22.6 Å². The molecule has 0 spiro atoms. The maximum atomic E-state index is 5.86. The molecule has 0 N–H and O–H groups in total. The van der Waals surface area contributed by atoms with Gasteiger partial charge in [0.05, 0.1) is 0 Å². The molecule has 0 aliphatic rings. The lowest BCUT2D eigenvalue weighted by atomic mass is 9.98. The van der Waals surface area contributed by atoms with Crippen LogP contribution in [0.25, 0.3) is 11.0 Å². The first-order chi connectivity index (χ1) is 7.13. The Kier molecular flexibility index (Phi) is 2.56. The monoisotopic (exact) mass is 202 g/mol.